The van der Waals surface area contributed by atoms with Gasteiger partial charge in [-0.2, -0.15) is 0 Å². The standard InChI is InChI=1S/C20H23FN4O3S/c1-19(2,3)20-10-25(18(27)28)8-11(20)15(20)17-24-14(9-29-17)16(26)23-7-13-12(21)5-4-6-22-13/h4-6,9,11,15H,7-8,10H2,1-3H3,(H,23,26)(H,27,28)/t11-,15+,20-/m0/s1. The maximum Gasteiger partial charge on any atom is 0.407 e. The molecule has 2 aromatic rings. The summed E-state index contributed by atoms with van der Waals surface area (Å²) < 4.78 is 13.7. The first-order valence-electron chi connectivity index (χ1n) is 9.46. The minimum absolute atomic E-state index is 0.01000. The van der Waals surface area contributed by atoms with Crippen LogP contribution in [0.15, 0.2) is 23.7 Å². The molecule has 2 N–H and O–H groups in total. The molecule has 4 rings (SSSR count). The Balaban J connectivity index is 1.48. The molecule has 1 aliphatic carbocycles. The lowest BCUT2D eigenvalue weighted by molar-refractivity contribution is 0.0945. The van der Waals surface area contributed by atoms with Gasteiger partial charge >= 0.3 is 6.09 Å². The van der Waals surface area contributed by atoms with E-state index in [1.807, 2.05) is 0 Å². The molecule has 7 nitrogen and oxygen atoms in total. The van der Waals surface area contributed by atoms with Gasteiger partial charge in [-0.05, 0) is 23.5 Å². The van der Waals surface area contributed by atoms with E-state index in [2.05, 4.69) is 36.1 Å². The summed E-state index contributed by atoms with van der Waals surface area (Å²) in [7, 11) is 0. The van der Waals surface area contributed by atoms with Crippen LogP contribution in [-0.2, 0) is 6.54 Å². The predicted molar refractivity (Wildman–Crippen MR) is 105 cm³/mol. The highest BCUT2D eigenvalue weighted by Crippen LogP contribution is 2.75. The highest BCUT2D eigenvalue weighted by molar-refractivity contribution is 7.10. The van der Waals surface area contributed by atoms with Crippen molar-refractivity contribution < 1.29 is 19.1 Å². The van der Waals surface area contributed by atoms with Gasteiger partial charge in [0.05, 0.1) is 17.2 Å². The number of carboxylic acid groups (broad SMARTS) is 1. The van der Waals surface area contributed by atoms with Gasteiger partial charge in [0.25, 0.3) is 5.91 Å². The van der Waals surface area contributed by atoms with Crippen LogP contribution in [0, 0.1) is 22.6 Å². The van der Waals surface area contributed by atoms with Gasteiger partial charge in [-0.25, -0.2) is 14.2 Å². The zero-order chi connectivity index (χ0) is 21.0. The van der Waals surface area contributed by atoms with Crippen LogP contribution in [0.4, 0.5) is 9.18 Å². The lowest BCUT2D eigenvalue weighted by Crippen LogP contribution is -2.36. The van der Waals surface area contributed by atoms with Gasteiger partial charge in [-0.1, -0.05) is 20.8 Å². The second-order valence-corrected chi connectivity index (χ2v) is 9.61. The molecule has 1 saturated carbocycles. The Kier molecular flexibility index (Phi) is 4.60. The Morgan fingerprint density at radius 3 is 2.83 bits per heavy atom. The highest BCUT2D eigenvalue weighted by Gasteiger charge is 2.75. The van der Waals surface area contributed by atoms with Crippen LogP contribution in [0.5, 0.6) is 0 Å². The summed E-state index contributed by atoms with van der Waals surface area (Å²) in [6.45, 7) is 7.37. The van der Waals surface area contributed by atoms with Crippen molar-refractivity contribution in [3.05, 3.63) is 45.9 Å². The van der Waals surface area contributed by atoms with Crippen molar-refractivity contribution in [2.24, 2.45) is 16.7 Å². The summed E-state index contributed by atoms with van der Waals surface area (Å²) >= 11 is 1.43. The van der Waals surface area contributed by atoms with E-state index in [1.165, 1.54) is 34.6 Å². The number of hydrogen-bond donors (Lipinski definition) is 2. The number of nitrogens with one attached hydrogen (secondary N) is 1. The SMILES string of the molecule is CC(C)(C)[C@@]12CN(C(=O)O)C[C@H]1[C@@H]2c1nc(C(=O)NCc2ncccc2F)cs1. The topological polar surface area (TPSA) is 95.4 Å². The molecule has 29 heavy (non-hydrogen) atoms. The lowest BCUT2D eigenvalue weighted by atomic mass is 9.75. The molecule has 0 spiro atoms. The molecule has 3 heterocycles. The Morgan fingerprint density at radius 1 is 1.45 bits per heavy atom. The smallest absolute Gasteiger partial charge is 0.407 e. The number of fused-ring (bicyclic) bond motifs is 1. The van der Waals surface area contributed by atoms with Gasteiger partial charge in [0, 0.05) is 36.0 Å². The van der Waals surface area contributed by atoms with Crippen LogP contribution in [0.1, 0.15) is 47.9 Å². The first-order valence-corrected chi connectivity index (χ1v) is 10.3. The molecule has 3 atom stereocenters. The highest BCUT2D eigenvalue weighted by atomic mass is 32.1. The van der Waals surface area contributed by atoms with Crippen molar-refractivity contribution in [3.63, 3.8) is 0 Å². The quantitative estimate of drug-likeness (QED) is 0.794. The number of aromatic nitrogens is 2. The minimum atomic E-state index is -0.888. The molecule has 2 aromatic heterocycles. The molecule has 154 valence electrons. The molecule has 1 aliphatic heterocycles. The number of carbonyl (C=O) groups excluding carboxylic acids is 1. The third-order valence-electron chi connectivity index (χ3n) is 6.32. The van der Waals surface area contributed by atoms with Crippen molar-refractivity contribution in [1.29, 1.82) is 0 Å². The van der Waals surface area contributed by atoms with E-state index in [1.54, 1.807) is 5.38 Å². The molecule has 1 saturated heterocycles. The van der Waals surface area contributed by atoms with Gasteiger partial charge in [0.2, 0.25) is 0 Å². The second-order valence-electron chi connectivity index (χ2n) is 8.72. The van der Waals surface area contributed by atoms with Gasteiger partial charge in [0.1, 0.15) is 11.5 Å². The number of halogens is 1. The fourth-order valence-corrected chi connectivity index (χ4v) is 5.82. The molecule has 2 fully saturated rings. The summed E-state index contributed by atoms with van der Waals surface area (Å²) in [5, 5.41) is 14.6. The van der Waals surface area contributed by atoms with Crippen molar-refractivity contribution >= 4 is 23.3 Å². The largest absolute Gasteiger partial charge is 0.465 e. The number of thiazole rings is 1. The van der Waals surface area contributed by atoms with Crippen molar-refractivity contribution in [1.82, 2.24) is 20.2 Å². The van der Waals surface area contributed by atoms with Crippen LogP contribution in [-0.4, -0.2) is 45.1 Å². The molecular weight excluding hydrogens is 395 g/mol. The maximum absolute atomic E-state index is 13.7. The Bertz CT molecular complexity index is 973. The maximum atomic E-state index is 13.7. The molecule has 2 amide bonds. The summed E-state index contributed by atoms with van der Waals surface area (Å²) in [6, 6.07) is 2.80. The molecular formula is C20H23FN4O3S. The lowest BCUT2D eigenvalue weighted by Gasteiger charge is -2.32. The van der Waals surface area contributed by atoms with Crippen molar-refractivity contribution in [2.75, 3.05) is 13.1 Å². The third-order valence-corrected chi connectivity index (χ3v) is 7.25. The zero-order valence-electron chi connectivity index (χ0n) is 16.5. The van der Waals surface area contributed by atoms with Crippen molar-refractivity contribution in [3.8, 4) is 0 Å². The van der Waals surface area contributed by atoms with E-state index in [0.717, 1.165) is 5.01 Å². The van der Waals surface area contributed by atoms with Crippen LogP contribution in [0.2, 0.25) is 0 Å². The number of nitrogens with zero attached hydrogens (tertiary/aromatic N) is 3. The number of pyridine rings is 1. The number of carbonyl (C=O) groups is 2. The molecule has 2 aliphatic rings. The summed E-state index contributed by atoms with van der Waals surface area (Å²) in [5.41, 5.74) is 0.226. The van der Waals surface area contributed by atoms with Crippen LogP contribution >= 0.6 is 11.3 Å². The van der Waals surface area contributed by atoms with Crippen LogP contribution < -0.4 is 5.32 Å². The van der Waals surface area contributed by atoms with Crippen molar-refractivity contribution in [2.45, 2.75) is 33.2 Å². The average molecular weight is 418 g/mol. The monoisotopic (exact) mass is 418 g/mol. The van der Waals surface area contributed by atoms with Gasteiger partial charge in [0.15, 0.2) is 0 Å². The number of rotatable bonds is 4. The number of piperidine rings is 1. The Hall–Kier alpha value is -2.55. The van der Waals surface area contributed by atoms with E-state index in [4.69, 9.17) is 0 Å². The minimum Gasteiger partial charge on any atom is -0.465 e. The van der Waals surface area contributed by atoms with Gasteiger partial charge in [-0.15, -0.1) is 11.3 Å². The average Bonchev–Trinajstić information content (AvgIpc) is 3.03. The van der Waals surface area contributed by atoms with E-state index >= 15 is 0 Å². The summed E-state index contributed by atoms with van der Waals surface area (Å²) in [6.07, 6.45) is 0.588. The number of likely N-dealkylation sites (tertiary alicyclic amines) is 1. The van der Waals surface area contributed by atoms with Gasteiger partial charge in [-0.3, -0.25) is 9.78 Å². The molecule has 9 heteroatoms. The number of amides is 2. The summed E-state index contributed by atoms with van der Waals surface area (Å²) in [4.78, 5) is 33.8. The Labute approximate surface area is 172 Å². The van der Waals surface area contributed by atoms with Crippen LogP contribution in [0.25, 0.3) is 0 Å². The summed E-state index contributed by atoms with van der Waals surface area (Å²) in [5.74, 6) is -0.478. The molecule has 0 bridgehead atoms. The molecule has 0 unspecified atom stereocenters. The molecule has 0 aromatic carbocycles. The second kappa shape index (κ2) is 6.76. The zero-order valence-corrected chi connectivity index (χ0v) is 17.3. The normalized spacial score (nSPS) is 25.6. The van der Waals surface area contributed by atoms with E-state index in [0.29, 0.717) is 18.8 Å². The van der Waals surface area contributed by atoms with E-state index in [9.17, 15) is 19.1 Å². The first-order chi connectivity index (χ1) is 13.6. The predicted octanol–water partition coefficient (Wildman–Crippen LogP) is 3.35. The van der Waals surface area contributed by atoms with E-state index in [-0.39, 0.29) is 40.8 Å². The number of hydrogen-bond acceptors (Lipinski definition) is 5. The fraction of sp³-hybridized carbons (Fsp3) is 0.500. The van der Waals surface area contributed by atoms with Gasteiger partial charge < -0.3 is 15.3 Å². The van der Waals surface area contributed by atoms with E-state index < -0.39 is 11.9 Å². The Morgan fingerprint density at radius 2 is 2.21 bits per heavy atom. The third kappa shape index (κ3) is 3.17. The first kappa shape index (κ1) is 19.8. The molecule has 0 radical (unpaired) electrons. The van der Waals surface area contributed by atoms with Crippen LogP contribution in [0.3, 0.4) is 0 Å². The fourth-order valence-electron chi connectivity index (χ4n) is 4.76.